The fourth-order valence-corrected chi connectivity index (χ4v) is 1.69. The summed E-state index contributed by atoms with van der Waals surface area (Å²) in [5.41, 5.74) is -0.541. The molecule has 0 aliphatic carbocycles. The van der Waals surface area contributed by atoms with Crippen molar-refractivity contribution in [2.75, 3.05) is 0 Å². The van der Waals surface area contributed by atoms with Crippen molar-refractivity contribution in [1.29, 1.82) is 0 Å². The molecule has 1 amide bonds. The summed E-state index contributed by atoms with van der Waals surface area (Å²) in [7, 11) is 0. The molecule has 0 aliphatic heterocycles. The fraction of sp³-hybridized carbons (Fsp3) is 0. The average Bonchev–Trinajstić information content (AvgIpc) is 2.47. The number of hydroxylamine groups is 2. The summed E-state index contributed by atoms with van der Waals surface area (Å²) in [4.78, 5) is 20.1. The predicted octanol–water partition coefficient (Wildman–Crippen LogP) is 2.52. The zero-order valence-electron chi connectivity index (χ0n) is 10.2. The maximum absolute atomic E-state index is 12.1. The lowest BCUT2D eigenvalue weighted by atomic mass is 10.1. The largest absolute Gasteiger partial charge is 0.416 e. The Morgan fingerprint density at radius 3 is 2.30 bits per heavy atom. The first-order valence-corrected chi connectivity index (χ1v) is 5.62. The molecule has 20 heavy (non-hydrogen) atoms. The summed E-state index contributed by atoms with van der Waals surface area (Å²) in [5.74, 6) is -1.08. The summed E-state index contributed by atoms with van der Waals surface area (Å²) in [6.07, 6.45) is 0. The number of para-hydroxylation sites is 1. The van der Waals surface area contributed by atoms with Crippen LogP contribution >= 0.6 is 0 Å². The molecule has 2 N–H and O–H groups in total. The zero-order chi connectivity index (χ0) is 14.8. The minimum Gasteiger partial charge on any atom is -0.258 e. The molecule has 0 atom stereocenters. The number of benzene rings is 2. The van der Waals surface area contributed by atoms with E-state index in [0.717, 1.165) is 6.07 Å². The van der Waals surface area contributed by atoms with Crippen LogP contribution in [0.3, 0.4) is 0 Å². The van der Waals surface area contributed by atoms with Crippen molar-refractivity contribution in [3.8, 4) is 0 Å². The molecule has 7 nitrogen and oxygen atoms in total. The number of hydrogen-bond acceptors (Lipinski definition) is 5. The van der Waals surface area contributed by atoms with E-state index in [1.54, 1.807) is 6.07 Å². The third-order valence-corrected chi connectivity index (χ3v) is 2.70. The van der Waals surface area contributed by atoms with Gasteiger partial charge in [-0.25, -0.2) is 4.79 Å². The van der Waals surface area contributed by atoms with Crippen molar-refractivity contribution in [2.45, 2.75) is 0 Å². The van der Waals surface area contributed by atoms with E-state index in [9.17, 15) is 25.3 Å². The van der Waals surface area contributed by atoms with Gasteiger partial charge in [0.15, 0.2) is 0 Å². The maximum Gasteiger partial charge on any atom is 0.416 e. The Hall–Kier alpha value is -2.61. The molecule has 0 radical (unpaired) electrons. The van der Waals surface area contributed by atoms with Gasteiger partial charge in [-0.3, -0.25) is 10.1 Å². The van der Waals surface area contributed by atoms with Crippen LogP contribution in [0.4, 0.5) is 11.4 Å². The van der Waals surface area contributed by atoms with Crippen LogP contribution in [0, 0.1) is 10.1 Å². The number of rotatable bonds is 3. The van der Waals surface area contributed by atoms with Crippen molar-refractivity contribution in [3.05, 3.63) is 70.3 Å². The number of nitro benzene ring substituents is 1. The van der Waals surface area contributed by atoms with E-state index in [2.05, 4.69) is 0 Å². The molecule has 2 aromatic carbocycles. The van der Waals surface area contributed by atoms with Gasteiger partial charge in [-0.1, -0.05) is 24.3 Å². The molecule has 0 saturated carbocycles. The van der Waals surface area contributed by atoms with E-state index in [-0.39, 0.29) is 16.9 Å². The molecule has 102 valence electrons. The lowest BCUT2D eigenvalue weighted by molar-refractivity contribution is -0.384. The van der Waals surface area contributed by atoms with Crippen molar-refractivity contribution >= 4 is 17.3 Å². The molecule has 2 aromatic rings. The second-order valence-corrected chi connectivity index (χ2v) is 4.05. The molecule has 2 rings (SSSR count). The van der Waals surface area contributed by atoms with Crippen LogP contribution in [-0.2, 0) is 0 Å². The molecule has 7 heteroatoms. The van der Waals surface area contributed by atoms with Gasteiger partial charge < -0.3 is 0 Å². The quantitative estimate of drug-likeness (QED) is 0.388. The van der Waals surface area contributed by atoms with Gasteiger partial charge in [0.05, 0.1) is 15.3 Å². The van der Waals surface area contributed by atoms with Gasteiger partial charge in [0.1, 0.15) is 0 Å². The normalized spacial score (nSPS) is 11.1. The van der Waals surface area contributed by atoms with Crippen LogP contribution in [0.25, 0.3) is 0 Å². The highest BCUT2D eigenvalue weighted by Gasteiger charge is 2.39. The first-order chi connectivity index (χ1) is 9.43. The Morgan fingerprint density at radius 1 is 1.05 bits per heavy atom. The van der Waals surface area contributed by atoms with Gasteiger partial charge in [-0.2, -0.15) is 10.4 Å². The van der Waals surface area contributed by atoms with Crippen LogP contribution in [-0.4, -0.2) is 21.2 Å². The lowest BCUT2D eigenvalue weighted by Crippen LogP contribution is -2.48. The van der Waals surface area contributed by atoms with Crippen LogP contribution in [0.15, 0.2) is 54.6 Å². The predicted molar refractivity (Wildman–Crippen MR) is 69.2 cm³/mol. The van der Waals surface area contributed by atoms with Gasteiger partial charge in [0, 0.05) is 24.3 Å². The van der Waals surface area contributed by atoms with E-state index >= 15 is 0 Å². The topological polar surface area (TPSA) is 101 Å². The molecule has 0 saturated heterocycles. The minimum absolute atomic E-state index is 0.0657. The first-order valence-electron chi connectivity index (χ1n) is 5.62. The zero-order valence-corrected chi connectivity index (χ0v) is 10.2. The number of carbonyl (C=O) groups is 1. The number of hydrogen-bond donors (Lipinski definition) is 2. The molecule has 0 aliphatic rings. The molecule has 0 aromatic heterocycles. The van der Waals surface area contributed by atoms with Gasteiger partial charge in [-0.05, 0) is 6.07 Å². The molecule has 0 fully saturated rings. The van der Waals surface area contributed by atoms with Crippen molar-refractivity contribution in [2.24, 2.45) is 0 Å². The van der Waals surface area contributed by atoms with Crippen molar-refractivity contribution in [3.63, 3.8) is 0 Å². The van der Waals surface area contributed by atoms with Gasteiger partial charge in [0.25, 0.3) is 5.69 Å². The fourth-order valence-electron chi connectivity index (χ4n) is 1.69. The van der Waals surface area contributed by atoms with Crippen LogP contribution in [0.2, 0.25) is 0 Å². The molecule has 0 spiro atoms. The molecule has 0 unspecified atom stereocenters. The van der Waals surface area contributed by atoms with Crippen LogP contribution in [0.5, 0.6) is 0 Å². The van der Waals surface area contributed by atoms with Gasteiger partial charge >= 0.3 is 5.91 Å². The van der Waals surface area contributed by atoms with Crippen LogP contribution < -0.4 is 4.81 Å². The Labute approximate surface area is 113 Å². The van der Waals surface area contributed by atoms with Crippen LogP contribution in [0.1, 0.15) is 10.4 Å². The van der Waals surface area contributed by atoms with Crippen molar-refractivity contribution < 1.29 is 20.1 Å². The highest BCUT2D eigenvalue weighted by Crippen LogP contribution is 2.22. The van der Waals surface area contributed by atoms with Gasteiger partial charge in [-0.15, -0.1) is 0 Å². The highest BCUT2D eigenvalue weighted by atomic mass is 16.8. The Kier molecular flexibility index (Phi) is 3.57. The maximum atomic E-state index is 12.1. The van der Waals surface area contributed by atoms with E-state index in [4.69, 9.17) is 0 Å². The Morgan fingerprint density at radius 2 is 1.70 bits per heavy atom. The number of quaternary nitrogens is 1. The molecular formula is C13H11N2O5+. The highest BCUT2D eigenvalue weighted by molar-refractivity contribution is 6.00. The third kappa shape index (κ3) is 2.54. The molecular weight excluding hydrogens is 264 g/mol. The number of nitro groups is 1. The van der Waals surface area contributed by atoms with E-state index < -0.39 is 15.6 Å². The second-order valence-electron chi connectivity index (χ2n) is 4.05. The smallest absolute Gasteiger partial charge is 0.258 e. The Bertz CT molecular complexity index is 655. The molecule has 0 heterocycles. The van der Waals surface area contributed by atoms with E-state index in [0.29, 0.717) is 0 Å². The average molecular weight is 275 g/mol. The lowest BCUT2D eigenvalue weighted by Gasteiger charge is -2.17. The van der Waals surface area contributed by atoms with E-state index in [1.807, 2.05) is 0 Å². The Balaban J connectivity index is 2.40. The van der Waals surface area contributed by atoms with Gasteiger partial charge in [0.2, 0.25) is 5.69 Å². The summed E-state index contributed by atoms with van der Waals surface area (Å²) >= 11 is 0. The minimum atomic E-state index is -2.00. The summed E-state index contributed by atoms with van der Waals surface area (Å²) in [5, 5.41) is 30.5. The third-order valence-electron chi connectivity index (χ3n) is 2.70. The monoisotopic (exact) mass is 275 g/mol. The number of carbonyl (C=O) groups excluding carboxylic acids is 1. The molecule has 0 bridgehead atoms. The SMILES string of the molecule is O=C(c1cccc([N+](=O)[O-])c1)[N+](O)(O)c1ccccc1. The van der Waals surface area contributed by atoms with E-state index in [1.165, 1.54) is 42.5 Å². The first kappa shape index (κ1) is 13.8. The summed E-state index contributed by atoms with van der Waals surface area (Å²) < 4.78 is 0. The number of nitrogens with zero attached hydrogens (tertiary/aromatic N) is 2. The second kappa shape index (κ2) is 5.17. The van der Waals surface area contributed by atoms with Crippen molar-refractivity contribution in [1.82, 2.24) is 4.81 Å². The summed E-state index contributed by atoms with van der Waals surface area (Å²) in [6.45, 7) is 0. The number of non-ortho nitro benzene ring substituents is 1. The standard InChI is InChI=1S/C13H11N2O5/c16-13(10-5-4-6-11(9-10)14(17)18)15(19,20)12-7-2-1-3-8-12/h1-9,19-20H/q+1. The number of amides is 1. The summed E-state index contributed by atoms with van der Waals surface area (Å²) in [6, 6.07) is 12.2.